The number of carbonyl (C=O) groups excluding carboxylic acids is 1. The number of aromatic nitrogens is 1. The first kappa shape index (κ1) is 18.8. The van der Waals surface area contributed by atoms with Gasteiger partial charge in [-0.3, -0.25) is 9.78 Å². The fourth-order valence-corrected chi connectivity index (χ4v) is 3.10. The van der Waals surface area contributed by atoms with Gasteiger partial charge < -0.3 is 0 Å². The highest BCUT2D eigenvalue weighted by atomic mass is 32.2. The molecule has 0 saturated carbocycles. The molecule has 25 heavy (non-hydrogen) atoms. The molecule has 1 amide bonds. The molecule has 2 rings (SSSR count). The lowest BCUT2D eigenvalue weighted by molar-refractivity contribution is 0.0954. The number of benzene rings is 1. The smallest absolute Gasteiger partial charge is 0.267 e. The van der Waals surface area contributed by atoms with Crippen LogP contribution in [0.2, 0.25) is 0 Å². The molecule has 2 aromatic rings. The van der Waals surface area contributed by atoms with Gasteiger partial charge in [0.25, 0.3) is 5.91 Å². The molecule has 8 heteroatoms. The molecule has 0 bridgehead atoms. The molecular formula is C17H20N4O3S. The van der Waals surface area contributed by atoms with E-state index in [0.717, 1.165) is 6.42 Å². The van der Waals surface area contributed by atoms with Crippen molar-refractivity contribution in [1.82, 2.24) is 15.1 Å². The van der Waals surface area contributed by atoms with Crippen LogP contribution in [0, 0.1) is 0 Å². The van der Waals surface area contributed by atoms with Gasteiger partial charge in [0, 0.05) is 24.5 Å². The Hall–Kier alpha value is -2.58. The van der Waals surface area contributed by atoms with Crippen LogP contribution < -0.4 is 10.1 Å². The Morgan fingerprint density at radius 2 is 1.72 bits per heavy atom. The quantitative estimate of drug-likeness (QED) is 0.582. The molecule has 1 heterocycles. The number of hydrogen-bond acceptors (Lipinski definition) is 5. The lowest BCUT2D eigenvalue weighted by Gasteiger charge is -2.07. The van der Waals surface area contributed by atoms with E-state index in [9.17, 15) is 13.2 Å². The average Bonchev–Trinajstić information content (AvgIpc) is 2.65. The summed E-state index contributed by atoms with van der Waals surface area (Å²) in [6.07, 6.45) is 3.77. The lowest BCUT2D eigenvalue weighted by Crippen LogP contribution is -2.24. The first-order chi connectivity index (χ1) is 11.9. The van der Waals surface area contributed by atoms with E-state index in [-0.39, 0.29) is 10.8 Å². The molecule has 2 N–H and O–H groups in total. The first-order valence-electron chi connectivity index (χ1n) is 7.79. The number of rotatable bonds is 7. The van der Waals surface area contributed by atoms with Crippen molar-refractivity contribution in [3.63, 3.8) is 0 Å². The summed E-state index contributed by atoms with van der Waals surface area (Å²) in [5.41, 5.74) is 4.19. The van der Waals surface area contributed by atoms with Crippen molar-refractivity contribution in [3.05, 3.63) is 59.9 Å². The molecule has 0 atom stereocenters. The molecular weight excluding hydrogens is 340 g/mol. The van der Waals surface area contributed by atoms with Gasteiger partial charge >= 0.3 is 0 Å². The first-order valence-corrected chi connectivity index (χ1v) is 9.27. The molecule has 0 fully saturated rings. The van der Waals surface area contributed by atoms with E-state index >= 15 is 0 Å². The van der Waals surface area contributed by atoms with Crippen molar-refractivity contribution >= 4 is 21.6 Å². The number of pyridine rings is 1. The summed E-state index contributed by atoms with van der Waals surface area (Å²) in [4.78, 5) is 16.0. The minimum atomic E-state index is -3.49. The highest BCUT2D eigenvalue weighted by Gasteiger charge is 2.13. The molecule has 0 saturated heterocycles. The zero-order valence-electron chi connectivity index (χ0n) is 14.1. The van der Waals surface area contributed by atoms with E-state index in [2.05, 4.69) is 20.2 Å². The van der Waals surface area contributed by atoms with E-state index in [1.165, 1.54) is 24.5 Å². The molecule has 0 aliphatic carbocycles. The summed E-state index contributed by atoms with van der Waals surface area (Å²) in [5, 5.41) is 4.04. The van der Waals surface area contributed by atoms with Crippen molar-refractivity contribution in [1.29, 1.82) is 0 Å². The predicted molar refractivity (Wildman–Crippen MR) is 95.8 cm³/mol. The number of nitrogens with zero attached hydrogens (tertiary/aromatic N) is 2. The molecule has 7 nitrogen and oxygen atoms in total. The number of hydrazone groups is 1. The van der Waals surface area contributed by atoms with E-state index < -0.39 is 10.0 Å². The van der Waals surface area contributed by atoms with Gasteiger partial charge in [0.2, 0.25) is 10.0 Å². The molecule has 0 aliphatic heterocycles. The van der Waals surface area contributed by atoms with Gasteiger partial charge in [-0.05, 0) is 43.2 Å². The van der Waals surface area contributed by atoms with Crippen molar-refractivity contribution in [2.75, 3.05) is 6.54 Å². The van der Waals surface area contributed by atoms with Gasteiger partial charge in [-0.25, -0.2) is 18.6 Å². The number of hydrogen-bond donors (Lipinski definition) is 2. The minimum absolute atomic E-state index is 0.193. The predicted octanol–water partition coefficient (Wildman–Crippen LogP) is 1.92. The Bertz CT molecular complexity index is 847. The fraction of sp³-hybridized carbons (Fsp3) is 0.235. The van der Waals surface area contributed by atoms with Crippen LogP contribution in [0.5, 0.6) is 0 Å². The molecule has 1 aromatic heterocycles. The Kier molecular flexibility index (Phi) is 6.37. The Morgan fingerprint density at radius 1 is 1.08 bits per heavy atom. The Morgan fingerprint density at radius 3 is 2.32 bits per heavy atom. The van der Waals surface area contributed by atoms with E-state index in [1.807, 2.05) is 6.92 Å². The molecule has 132 valence electrons. The second kappa shape index (κ2) is 8.50. The summed E-state index contributed by atoms with van der Waals surface area (Å²) in [6.45, 7) is 4.02. The number of carbonyl (C=O) groups is 1. The van der Waals surface area contributed by atoms with Crippen LogP contribution in [0.25, 0.3) is 0 Å². The Labute approximate surface area is 147 Å². The molecule has 0 aliphatic rings. The van der Waals surface area contributed by atoms with Gasteiger partial charge in [-0.1, -0.05) is 19.1 Å². The van der Waals surface area contributed by atoms with Crippen LogP contribution in [-0.2, 0) is 10.0 Å². The summed E-state index contributed by atoms with van der Waals surface area (Å²) in [5.74, 6) is -0.343. The van der Waals surface area contributed by atoms with Gasteiger partial charge in [0.15, 0.2) is 0 Å². The van der Waals surface area contributed by atoms with Crippen molar-refractivity contribution in [2.24, 2.45) is 5.10 Å². The monoisotopic (exact) mass is 360 g/mol. The van der Waals surface area contributed by atoms with Crippen LogP contribution in [0.4, 0.5) is 0 Å². The Balaban J connectivity index is 2.07. The molecule has 0 spiro atoms. The maximum Gasteiger partial charge on any atom is 0.271 e. The lowest BCUT2D eigenvalue weighted by atomic mass is 10.1. The van der Waals surface area contributed by atoms with Crippen LogP contribution in [-0.4, -0.2) is 31.6 Å². The largest absolute Gasteiger partial charge is 0.271 e. The molecule has 0 radical (unpaired) electrons. The maximum atomic E-state index is 12.0. The highest BCUT2D eigenvalue weighted by molar-refractivity contribution is 7.89. The van der Waals surface area contributed by atoms with E-state index in [0.29, 0.717) is 23.4 Å². The average molecular weight is 360 g/mol. The summed E-state index contributed by atoms with van der Waals surface area (Å²) < 4.78 is 26.6. The third-order valence-electron chi connectivity index (χ3n) is 3.39. The standard InChI is InChI=1S/C17H20N4O3S/c1-3-10-19-25(23,24)16-6-4-14(5-7-16)13(2)20-21-17(22)15-8-11-18-12-9-15/h4-9,11-12,19H,3,10H2,1-2H3,(H,21,22)/b20-13-. The second-order valence-electron chi connectivity index (χ2n) is 5.30. The molecule has 0 unspecified atom stereocenters. The topological polar surface area (TPSA) is 101 Å². The number of sulfonamides is 1. The number of nitrogens with one attached hydrogen (secondary N) is 2. The van der Waals surface area contributed by atoms with Gasteiger partial charge in [0.1, 0.15) is 0 Å². The zero-order valence-corrected chi connectivity index (χ0v) is 14.9. The highest BCUT2D eigenvalue weighted by Crippen LogP contribution is 2.11. The molecule has 1 aromatic carbocycles. The minimum Gasteiger partial charge on any atom is -0.267 e. The van der Waals surface area contributed by atoms with E-state index in [1.54, 1.807) is 31.2 Å². The normalized spacial score (nSPS) is 12.0. The summed E-state index contributed by atoms with van der Waals surface area (Å²) in [7, 11) is -3.49. The van der Waals surface area contributed by atoms with Crippen LogP contribution in [0.15, 0.2) is 58.8 Å². The van der Waals surface area contributed by atoms with Crippen LogP contribution in [0.3, 0.4) is 0 Å². The number of amides is 1. The third kappa shape index (κ3) is 5.20. The van der Waals surface area contributed by atoms with Gasteiger partial charge in [0.05, 0.1) is 10.6 Å². The van der Waals surface area contributed by atoms with Crippen molar-refractivity contribution < 1.29 is 13.2 Å². The SMILES string of the molecule is CCCNS(=O)(=O)c1ccc(/C(C)=N\NC(=O)c2ccncc2)cc1. The summed E-state index contributed by atoms with van der Waals surface area (Å²) in [6, 6.07) is 9.50. The van der Waals surface area contributed by atoms with Crippen molar-refractivity contribution in [3.8, 4) is 0 Å². The summed E-state index contributed by atoms with van der Waals surface area (Å²) >= 11 is 0. The van der Waals surface area contributed by atoms with Gasteiger partial charge in [-0.15, -0.1) is 0 Å². The van der Waals surface area contributed by atoms with Crippen molar-refractivity contribution in [2.45, 2.75) is 25.2 Å². The van der Waals surface area contributed by atoms with Crippen LogP contribution >= 0.6 is 0 Å². The van der Waals surface area contributed by atoms with Crippen LogP contribution in [0.1, 0.15) is 36.2 Å². The third-order valence-corrected chi connectivity index (χ3v) is 4.87. The zero-order chi connectivity index (χ0) is 18.3. The second-order valence-corrected chi connectivity index (χ2v) is 7.06. The maximum absolute atomic E-state index is 12.0. The van der Waals surface area contributed by atoms with E-state index in [4.69, 9.17) is 0 Å². The fourth-order valence-electron chi connectivity index (χ4n) is 1.96. The van der Waals surface area contributed by atoms with Gasteiger partial charge in [-0.2, -0.15) is 5.10 Å².